The Bertz CT molecular complexity index is 592. The van der Waals surface area contributed by atoms with Crippen molar-refractivity contribution in [3.8, 4) is 0 Å². The van der Waals surface area contributed by atoms with E-state index < -0.39 is 37.0 Å². The molecule has 0 aromatic heterocycles. The zero-order valence-electron chi connectivity index (χ0n) is 11.7. The highest BCUT2D eigenvalue weighted by molar-refractivity contribution is 7.45. The van der Waals surface area contributed by atoms with Crippen LogP contribution in [0.3, 0.4) is 0 Å². The van der Waals surface area contributed by atoms with Crippen molar-refractivity contribution in [2.45, 2.75) is 18.3 Å². The summed E-state index contributed by atoms with van der Waals surface area (Å²) in [6, 6.07) is 7.36. The summed E-state index contributed by atoms with van der Waals surface area (Å²) in [5.41, 5.74) is -0.989. The van der Waals surface area contributed by atoms with Crippen LogP contribution in [0.1, 0.15) is 17.8 Å². The third kappa shape index (κ3) is 3.32. The van der Waals surface area contributed by atoms with Gasteiger partial charge in [-0.1, -0.05) is 34.9 Å². The van der Waals surface area contributed by atoms with Crippen molar-refractivity contribution < 1.29 is 29.5 Å². The van der Waals surface area contributed by atoms with Crippen LogP contribution in [-0.2, 0) is 14.2 Å². The summed E-state index contributed by atoms with van der Waals surface area (Å²) in [4.78, 5) is 22.5. The average Bonchev–Trinajstić information content (AvgIpc) is 2.93. The molecule has 4 unspecified atom stereocenters. The molecule has 7 nitrogen and oxygen atoms in total. The second-order valence-corrected chi connectivity index (χ2v) is 7.06. The van der Waals surface area contributed by atoms with E-state index >= 15 is 0 Å². The van der Waals surface area contributed by atoms with Crippen molar-refractivity contribution in [2.24, 2.45) is 5.41 Å². The number of nitrogens with one attached hydrogen (secondary N) is 1. The van der Waals surface area contributed by atoms with E-state index in [-0.39, 0.29) is 19.1 Å². The van der Waals surface area contributed by atoms with Crippen LogP contribution in [0, 0.1) is 5.41 Å². The molecule has 0 aliphatic carbocycles. The highest BCUT2D eigenvalue weighted by Crippen LogP contribution is 2.46. The van der Waals surface area contributed by atoms with Gasteiger partial charge in [-0.3, -0.25) is 9.59 Å². The first-order valence-corrected chi connectivity index (χ1v) is 8.23. The van der Waals surface area contributed by atoms with Crippen LogP contribution < -0.4 is 5.32 Å². The Morgan fingerprint density at radius 3 is 2.45 bits per heavy atom. The number of aliphatic carboxylic acids is 2. The lowest BCUT2D eigenvalue weighted by atomic mass is 9.88. The minimum Gasteiger partial charge on any atom is -0.481 e. The molecule has 0 amide bonds. The highest BCUT2D eigenvalue weighted by atomic mass is 31.1. The van der Waals surface area contributed by atoms with E-state index in [2.05, 4.69) is 5.32 Å². The number of carboxylic acid groups (broad SMARTS) is 2. The molecular weight excluding hydrogens is 309 g/mol. The molecule has 4 atom stereocenters. The number of hydrogen-bond donors (Lipinski definition) is 4. The van der Waals surface area contributed by atoms with Gasteiger partial charge >= 0.3 is 19.7 Å². The predicted molar refractivity (Wildman–Crippen MR) is 78.0 cm³/mol. The molecule has 118 valence electrons. The smallest absolute Gasteiger partial charge is 0.376 e. The van der Waals surface area contributed by atoms with Gasteiger partial charge in [0, 0.05) is 12.1 Å². The fraction of sp³-hybridized carbons (Fsp3) is 0.429. The Balaban J connectivity index is 2.14. The Morgan fingerprint density at radius 1 is 1.32 bits per heavy atom. The van der Waals surface area contributed by atoms with Crippen LogP contribution in [-0.4, -0.2) is 46.0 Å². The maximum atomic E-state index is 12.3. The van der Waals surface area contributed by atoms with Crippen LogP contribution >= 0.6 is 7.80 Å². The zero-order chi connectivity index (χ0) is 16.3. The summed E-state index contributed by atoms with van der Waals surface area (Å²) >= 11 is 0. The van der Waals surface area contributed by atoms with Gasteiger partial charge in [-0.05, 0) is 6.42 Å². The fourth-order valence-electron chi connectivity index (χ4n) is 2.56. The van der Waals surface area contributed by atoms with Gasteiger partial charge in [0.2, 0.25) is 0 Å². The van der Waals surface area contributed by atoms with Crippen LogP contribution in [0.5, 0.6) is 0 Å². The summed E-state index contributed by atoms with van der Waals surface area (Å²) < 4.78 is 12.3. The summed E-state index contributed by atoms with van der Waals surface area (Å²) in [7, 11) is -2.26. The first-order chi connectivity index (χ1) is 10.4. The van der Waals surface area contributed by atoms with Gasteiger partial charge in [0.25, 0.3) is 5.85 Å². The van der Waals surface area contributed by atoms with Gasteiger partial charge in [-0.2, -0.15) is 0 Å². The molecule has 4 N–H and O–H groups in total. The topological polar surface area (TPSA) is 124 Å². The molecular formula is C14H17NO6P+. The van der Waals surface area contributed by atoms with E-state index in [1.54, 1.807) is 30.3 Å². The highest BCUT2D eigenvalue weighted by Gasteiger charge is 2.54. The van der Waals surface area contributed by atoms with Crippen LogP contribution in [0.4, 0.5) is 0 Å². The SMILES string of the molecule is O=C(O)C1CC(C[P+](=O)C(O)c2ccccc2)(C(=O)O)CN1. The lowest BCUT2D eigenvalue weighted by molar-refractivity contribution is -0.146. The fourth-order valence-corrected chi connectivity index (χ4v) is 4.21. The average molecular weight is 326 g/mol. The molecule has 1 aromatic carbocycles. The standard InChI is InChI=1S/C14H16NO6P/c16-11(17)10-6-14(7-15-10,13(19)20)8-22(21)12(18)9-4-2-1-3-5-9/h1-5,10,12,15,18H,6-8H2,(H-,16,17,19,20)/p+1. The summed E-state index contributed by atoms with van der Waals surface area (Å²) in [5, 5.41) is 31.1. The monoisotopic (exact) mass is 326 g/mol. The van der Waals surface area contributed by atoms with E-state index in [1.807, 2.05) is 0 Å². The second-order valence-electron chi connectivity index (χ2n) is 5.42. The molecule has 0 spiro atoms. The number of aliphatic hydroxyl groups is 1. The van der Waals surface area contributed by atoms with Crippen LogP contribution in [0.2, 0.25) is 0 Å². The third-order valence-electron chi connectivity index (χ3n) is 3.86. The van der Waals surface area contributed by atoms with Crippen molar-refractivity contribution in [1.82, 2.24) is 5.32 Å². The third-order valence-corrected chi connectivity index (χ3v) is 5.62. The van der Waals surface area contributed by atoms with E-state index in [0.717, 1.165) is 0 Å². The predicted octanol–water partition coefficient (Wildman–Crippen LogP) is 1.02. The molecule has 1 heterocycles. The first-order valence-electron chi connectivity index (χ1n) is 6.72. The van der Waals surface area contributed by atoms with Crippen molar-refractivity contribution in [2.75, 3.05) is 12.7 Å². The largest absolute Gasteiger partial charge is 0.481 e. The van der Waals surface area contributed by atoms with Crippen molar-refractivity contribution >= 4 is 19.7 Å². The van der Waals surface area contributed by atoms with Gasteiger partial charge in [0.15, 0.2) is 6.16 Å². The lowest BCUT2D eigenvalue weighted by Crippen LogP contribution is -2.36. The maximum Gasteiger partial charge on any atom is 0.376 e. The Hall–Kier alpha value is -1.82. The summed E-state index contributed by atoms with van der Waals surface area (Å²) in [5.74, 6) is -3.61. The van der Waals surface area contributed by atoms with Crippen molar-refractivity contribution in [3.63, 3.8) is 0 Å². The minimum absolute atomic E-state index is 0.0815. The Labute approximate surface area is 127 Å². The molecule has 1 fully saturated rings. The molecule has 0 saturated carbocycles. The van der Waals surface area contributed by atoms with E-state index in [1.165, 1.54) is 0 Å². The molecule has 1 aromatic rings. The molecule has 0 bridgehead atoms. The zero-order valence-corrected chi connectivity index (χ0v) is 12.6. The maximum absolute atomic E-state index is 12.3. The Morgan fingerprint density at radius 2 is 1.95 bits per heavy atom. The molecule has 0 radical (unpaired) electrons. The normalized spacial score (nSPS) is 26.4. The van der Waals surface area contributed by atoms with Crippen LogP contribution in [0.25, 0.3) is 0 Å². The van der Waals surface area contributed by atoms with Gasteiger partial charge < -0.3 is 20.6 Å². The van der Waals surface area contributed by atoms with Crippen molar-refractivity contribution in [1.29, 1.82) is 0 Å². The van der Waals surface area contributed by atoms with Gasteiger partial charge in [0.1, 0.15) is 11.5 Å². The molecule has 2 rings (SSSR count). The number of hydrogen-bond acceptors (Lipinski definition) is 5. The molecule has 1 saturated heterocycles. The number of rotatable bonds is 6. The van der Waals surface area contributed by atoms with E-state index in [4.69, 9.17) is 5.11 Å². The minimum atomic E-state index is -2.26. The number of carboxylic acids is 2. The molecule has 1 aliphatic rings. The van der Waals surface area contributed by atoms with Gasteiger partial charge in [0.05, 0.1) is 0 Å². The van der Waals surface area contributed by atoms with E-state index in [9.17, 15) is 24.4 Å². The number of aliphatic hydroxyl groups excluding tert-OH is 1. The first kappa shape index (κ1) is 16.5. The van der Waals surface area contributed by atoms with Gasteiger partial charge in [-0.25, -0.2) is 0 Å². The quantitative estimate of drug-likeness (QED) is 0.575. The number of carbonyl (C=O) groups is 2. The Kier molecular flexibility index (Phi) is 4.90. The summed E-state index contributed by atoms with van der Waals surface area (Å²) in [6.45, 7) is -0.0815. The molecule has 8 heteroatoms. The second kappa shape index (κ2) is 6.52. The van der Waals surface area contributed by atoms with Crippen LogP contribution in [0.15, 0.2) is 30.3 Å². The molecule has 1 aliphatic heterocycles. The molecule has 22 heavy (non-hydrogen) atoms. The van der Waals surface area contributed by atoms with Gasteiger partial charge in [-0.15, -0.1) is 0 Å². The van der Waals surface area contributed by atoms with Crippen molar-refractivity contribution in [3.05, 3.63) is 35.9 Å². The number of benzene rings is 1. The van der Waals surface area contributed by atoms with E-state index in [0.29, 0.717) is 5.56 Å². The summed E-state index contributed by atoms with van der Waals surface area (Å²) in [6.07, 6.45) is -0.426. The lowest BCUT2D eigenvalue weighted by Gasteiger charge is -2.18.